The topological polar surface area (TPSA) is 32.7 Å². The van der Waals surface area contributed by atoms with E-state index >= 15 is 0 Å². The molecule has 0 bridgehead atoms. The second kappa shape index (κ2) is 8.54. The summed E-state index contributed by atoms with van der Waals surface area (Å²) in [7, 11) is 0. The van der Waals surface area contributed by atoms with Gasteiger partial charge >= 0.3 is 0 Å². The Kier molecular flexibility index (Phi) is 6.71. The van der Waals surface area contributed by atoms with E-state index in [-0.39, 0.29) is 0 Å². The number of aliphatic hydroxyl groups is 1. The first-order valence-electron chi connectivity index (χ1n) is 8.72. The van der Waals surface area contributed by atoms with Crippen molar-refractivity contribution < 1.29 is 9.84 Å². The van der Waals surface area contributed by atoms with Crippen molar-refractivity contribution in [3.05, 3.63) is 29.8 Å². The van der Waals surface area contributed by atoms with Crippen molar-refractivity contribution in [3.63, 3.8) is 0 Å². The van der Waals surface area contributed by atoms with Crippen molar-refractivity contribution in [1.82, 2.24) is 4.90 Å². The first kappa shape index (κ1) is 17.3. The van der Waals surface area contributed by atoms with Gasteiger partial charge in [-0.15, -0.1) is 0 Å². The van der Waals surface area contributed by atoms with E-state index in [4.69, 9.17) is 4.74 Å². The van der Waals surface area contributed by atoms with E-state index in [9.17, 15) is 5.11 Å². The molecule has 0 unspecified atom stereocenters. The predicted molar refractivity (Wildman–Crippen MR) is 91.5 cm³/mol. The first-order chi connectivity index (χ1) is 10.6. The summed E-state index contributed by atoms with van der Waals surface area (Å²) in [5.41, 5.74) is 1.21. The van der Waals surface area contributed by atoms with Gasteiger partial charge in [0.1, 0.15) is 18.5 Å². The summed E-state index contributed by atoms with van der Waals surface area (Å²) >= 11 is 0. The van der Waals surface area contributed by atoms with Gasteiger partial charge in [0, 0.05) is 13.1 Å². The Labute approximate surface area is 135 Å². The number of aliphatic hydroxyl groups excluding tert-OH is 1. The lowest BCUT2D eigenvalue weighted by atomic mass is 10.0. The molecule has 0 aromatic heterocycles. The van der Waals surface area contributed by atoms with Crippen LogP contribution in [-0.2, 0) is 0 Å². The van der Waals surface area contributed by atoms with Gasteiger partial charge in [-0.3, -0.25) is 0 Å². The van der Waals surface area contributed by atoms with Crippen LogP contribution in [-0.4, -0.2) is 42.4 Å². The maximum atomic E-state index is 10.3. The molecule has 3 nitrogen and oxygen atoms in total. The van der Waals surface area contributed by atoms with E-state index in [2.05, 4.69) is 31.7 Å². The van der Waals surface area contributed by atoms with Gasteiger partial charge < -0.3 is 14.7 Å². The van der Waals surface area contributed by atoms with Gasteiger partial charge in [-0.1, -0.05) is 39.0 Å². The molecule has 1 aliphatic rings. The summed E-state index contributed by atoms with van der Waals surface area (Å²) in [4.78, 5) is 2.39. The second-order valence-corrected chi connectivity index (χ2v) is 6.86. The molecule has 1 aliphatic carbocycles. The highest BCUT2D eigenvalue weighted by Gasteiger charge is 2.25. The minimum Gasteiger partial charge on any atom is -0.491 e. The van der Waals surface area contributed by atoms with E-state index in [0.717, 1.165) is 31.2 Å². The largest absolute Gasteiger partial charge is 0.491 e. The molecule has 22 heavy (non-hydrogen) atoms. The SMILES string of the molecule is CCCN(CC1CC1)C[C@@H](O)COc1ccccc1C(C)C. The molecular weight excluding hydrogens is 274 g/mol. The van der Waals surface area contributed by atoms with E-state index in [1.807, 2.05) is 18.2 Å². The number of ether oxygens (including phenoxy) is 1. The fraction of sp³-hybridized carbons (Fsp3) is 0.684. The summed E-state index contributed by atoms with van der Waals surface area (Å²) in [6.07, 6.45) is 3.42. The maximum absolute atomic E-state index is 10.3. The molecule has 0 amide bonds. The number of hydrogen-bond donors (Lipinski definition) is 1. The molecule has 1 aromatic rings. The molecule has 1 saturated carbocycles. The van der Waals surface area contributed by atoms with E-state index < -0.39 is 6.10 Å². The van der Waals surface area contributed by atoms with Crippen LogP contribution < -0.4 is 4.74 Å². The highest BCUT2D eigenvalue weighted by Crippen LogP contribution is 2.30. The molecule has 0 heterocycles. The van der Waals surface area contributed by atoms with Crippen molar-refractivity contribution in [3.8, 4) is 5.75 Å². The lowest BCUT2D eigenvalue weighted by molar-refractivity contribution is 0.0661. The molecule has 0 saturated heterocycles. The fourth-order valence-corrected chi connectivity index (χ4v) is 2.86. The number of benzene rings is 1. The Morgan fingerprint density at radius 2 is 2.00 bits per heavy atom. The van der Waals surface area contributed by atoms with Crippen LogP contribution in [0.5, 0.6) is 5.75 Å². The first-order valence-corrected chi connectivity index (χ1v) is 8.72. The van der Waals surface area contributed by atoms with Crippen LogP contribution in [0.3, 0.4) is 0 Å². The zero-order valence-corrected chi connectivity index (χ0v) is 14.3. The Morgan fingerprint density at radius 1 is 1.27 bits per heavy atom. The molecule has 1 N–H and O–H groups in total. The van der Waals surface area contributed by atoms with Crippen LogP contribution >= 0.6 is 0 Å². The van der Waals surface area contributed by atoms with Crippen LogP contribution in [0.4, 0.5) is 0 Å². The average Bonchev–Trinajstić information content (AvgIpc) is 3.29. The average molecular weight is 305 g/mol. The summed E-state index contributed by atoms with van der Waals surface area (Å²) in [6.45, 7) is 9.81. The van der Waals surface area contributed by atoms with Gasteiger partial charge in [-0.25, -0.2) is 0 Å². The Balaban J connectivity index is 1.82. The highest BCUT2D eigenvalue weighted by atomic mass is 16.5. The number of para-hydroxylation sites is 1. The van der Waals surface area contributed by atoms with Crippen LogP contribution in [0.2, 0.25) is 0 Å². The Bertz CT molecular complexity index is 443. The van der Waals surface area contributed by atoms with Gasteiger partial charge in [0.05, 0.1) is 0 Å². The molecule has 2 rings (SSSR count). The molecule has 124 valence electrons. The van der Waals surface area contributed by atoms with Crippen molar-refractivity contribution in [2.75, 3.05) is 26.2 Å². The third kappa shape index (κ3) is 5.62. The van der Waals surface area contributed by atoms with Crippen molar-refractivity contribution >= 4 is 0 Å². The van der Waals surface area contributed by atoms with Crippen molar-refractivity contribution in [2.45, 2.75) is 52.1 Å². The molecule has 1 aromatic carbocycles. The van der Waals surface area contributed by atoms with Crippen LogP contribution in [0.25, 0.3) is 0 Å². The van der Waals surface area contributed by atoms with Gasteiger partial charge in [-0.05, 0) is 49.3 Å². The lowest BCUT2D eigenvalue weighted by Gasteiger charge is -2.25. The molecule has 1 atom stereocenters. The predicted octanol–water partition coefficient (Wildman–Crippen LogP) is 3.67. The molecular formula is C19H31NO2. The summed E-state index contributed by atoms with van der Waals surface area (Å²) < 4.78 is 5.88. The second-order valence-electron chi connectivity index (χ2n) is 6.86. The fourth-order valence-electron chi connectivity index (χ4n) is 2.86. The Morgan fingerprint density at radius 3 is 2.64 bits per heavy atom. The highest BCUT2D eigenvalue weighted by molar-refractivity contribution is 5.35. The van der Waals surface area contributed by atoms with Crippen LogP contribution in [0.15, 0.2) is 24.3 Å². The number of rotatable bonds is 10. The van der Waals surface area contributed by atoms with Crippen molar-refractivity contribution in [1.29, 1.82) is 0 Å². The van der Waals surface area contributed by atoms with Gasteiger partial charge in [0.25, 0.3) is 0 Å². The smallest absolute Gasteiger partial charge is 0.122 e. The zero-order chi connectivity index (χ0) is 15.9. The van der Waals surface area contributed by atoms with E-state index in [0.29, 0.717) is 19.1 Å². The zero-order valence-electron chi connectivity index (χ0n) is 14.3. The van der Waals surface area contributed by atoms with E-state index in [1.165, 1.54) is 18.4 Å². The summed E-state index contributed by atoms with van der Waals surface area (Å²) in [5, 5.41) is 10.3. The number of hydrogen-bond acceptors (Lipinski definition) is 3. The third-order valence-electron chi connectivity index (χ3n) is 4.19. The van der Waals surface area contributed by atoms with Gasteiger partial charge in [-0.2, -0.15) is 0 Å². The molecule has 0 aliphatic heterocycles. The summed E-state index contributed by atoms with van der Waals surface area (Å²) in [5.74, 6) is 2.20. The maximum Gasteiger partial charge on any atom is 0.122 e. The minimum atomic E-state index is -0.425. The number of nitrogens with zero attached hydrogens (tertiary/aromatic N) is 1. The summed E-state index contributed by atoms with van der Waals surface area (Å²) in [6, 6.07) is 8.13. The lowest BCUT2D eigenvalue weighted by Crippen LogP contribution is -2.37. The van der Waals surface area contributed by atoms with Gasteiger partial charge in [0.2, 0.25) is 0 Å². The standard InChI is InChI=1S/C19H31NO2/c1-4-11-20(12-16-9-10-16)13-17(21)14-22-19-8-6-5-7-18(19)15(2)3/h5-8,15-17,21H,4,9-14H2,1-3H3/t17-/m1/s1. The molecule has 3 heteroatoms. The van der Waals surface area contributed by atoms with Crippen LogP contribution in [0, 0.1) is 5.92 Å². The van der Waals surface area contributed by atoms with E-state index in [1.54, 1.807) is 0 Å². The Hall–Kier alpha value is -1.06. The molecule has 0 radical (unpaired) electrons. The normalized spacial score (nSPS) is 16.3. The molecule has 1 fully saturated rings. The monoisotopic (exact) mass is 305 g/mol. The van der Waals surface area contributed by atoms with Crippen LogP contribution in [0.1, 0.15) is 51.5 Å². The molecule has 0 spiro atoms. The quantitative estimate of drug-likeness (QED) is 0.716. The van der Waals surface area contributed by atoms with Gasteiger partial charge in [0.15, 0.2) is 0 Å². The van der Waals surface area contributed by atoms with Crippen molar-refractivity contribution in [2.24, 2.45) is 5.92 Å². The third-order valence-corrected chi connectivity index (χ3v) is 4.19. The minimum absolute atomic E-state index is 0.370.